The molecule has 1 amide bonds. The first-order chi connectivity index (χ1) is 11.2. The molecule has 0 spiro atoms. The predicted octanol–water partition coefficient (Wildman–Crippen LogP) is 2.30. The second-order valence-electron chi connectivity index (χ2n) is 6.36. The molecule has 1 aliphatic carbocycles. The minimum absolute atomic E-state index is 0.146. The minimum atomic E-state index is -0.413. The van der Waals surface area contributed by atoms with Gasteiger partial charge in [-0.05, 0) is 38.0 Å². The molecule has 1 saturated heterocycles. The fourth-order valence-corrected chi connectivity index (χ4v) is 3.23. The van der Waals surface area contributed by atoms with Gasteiger partial charge in [-0.1, -0.05) is 12.2 Å². The molecule has 1 fully saturated rings. The number of piperidine rings is 1. The van der Waals surface area contributed by atoms with Crippen LogP contribution in [-0.2, 0) is 4.79 Å². The van der Waals surface area contributed by atoms with E-state index in [0.717, 1.165) is 51.7 Å². The second kappa shape index (κ2) is 7.53. The van der Waals surface area contributed by atoms with Gasteiger partial charge in [0.05, 0.1) is 12.4 Å². The van der Waals surface area contributed by atoms with Gasteiger partial charge in [-0.3, -0.25) is 4.79 Å². The zero-order valence-electron chi connectivity index (χ0n) is 13.2. The van der Waals surface area contributed by atoms with Gasteiger partial charge in [-0.2, -0.15) is 0 Å². The van der Waals surface area contributed by atoms with Crippen LogP contribution in [0.1, 0.15) is 32.1 Å². The summed E-state index contributed by atoms with van der Waals surface area (Å²) in [6.07, 6.45) is 11.5. The number of hydrogen-bond donors (Lipinski definition) is 1. The first-order valence-corrected chi connectivity index (χ1v) is 8.37. The van der Waals surface area contributed by atoms with Crippen molar-refractivity contribution in [3.05, 3.63) is 30.4 Å². The fourth-order valence-electron chi connectivity index (χ4n) is 3.23. The number of carbonyl (C=O) groups excluding carboxylic acids is 1. The molecule has 1 N–H and O–H groups in total. The Morgan fingerprint density at radius 3 is 2.61 bits per heavy atom. The van der Waals surface area contributed by atoms with Gasteiger partial charge in [0.1, 0.15) is 0 Å². The molecule has 2 heterocycles. The lowest BCUT2D eigenvalue weighted by atomic mass is 9.92. The number of anilines is 1. The summed E-state index contributed by atoms with van der Waals surface area (Å²) < 4.78 is 12.9. The van der Waals surface area contributed by atoms with E-state index < -0.39 is 5.82 Å². The maximum Gasteiger partial charge on any atom is 0.225 e. The van der Waals surface area contributed by atoms with Crippen LogP contribution in [0, 0.1) is 17.7 Å². The van der Waals surface area contributed by atoms with E-state index in [9.17, 15) is 9.18 Å². The summed E-state index contributed by atoms with van der Waals surface area (Å²) in [5, 5.41) is 3.11. The summed E-state index contributed by atoms with van der Waals surface area (Å²) in [7, 11) is 0. The van der Waals surface area contributed by atoms with Crippen LogP contribution in [0.2, 0.25) is 0 Å². The molecular weight excluding hydrogens is 295 g/mol. The summed E-state index contributed by atoms with van der Waals surface area (Å²) >= 11 is 0. The third kappa shape index (κ3) is 4.27. The Morgan fingerprint density at radius 2 is 1.96 bits per heavy atom. The van der Waals surface area contributed by atoms with Crippen molar-refractivity contribution < 1.29 is 9.18 Å². The van der Waals surface area contributed by atoms with Crippen LogP contribution in [0.4, 0.5) is 10.3 Å². The molecule has 1 aromatic rings. The summed E-state index contributed by atoms with van der Waals surface area (Å²) in [6, 6.07) is 0. The van der Waals surface area contributed by atoms with Crippen LogP contribution in [0.5, 0.6) is 0 Å². The largest absolute Gasteiger partial charge is 0.356 e. The molecule has 23 heavy (non-hydrogen) atoms. The van der Waals surface area contributed by atoms with Crippen molar-refractivity contribution in [3.63, 3.8) is 0 Å². The van der Waals surface area contributed by atoms with E-state index in [2.05, 4.69) is 32.3 Å². The molecule has 1 aliphatic heterocycles. The van der Waals surface area contributed by atoms with Gasteiger partial charge in [0.15, 0.2) is 5.82 Å². The molecule has 0 aromatic carbocycles. The van der Waals surface area contributed by atoms with Crippen molar-refractivity contribution in [1.29, 1.82) is 0 Å². The Balaban J connectivity index is 1.41. The number of rotatable bonds is 4. The average Bonchev–Trinajstić information content (AvgIpc) is 2.61. The van der Waals surface area contributed by atoms with E-state index >= 15 is 0 Å². The van der Waals surface area contributed by atoms with Gasteiger partial charge in [-0.25, -0.2) is 14.4 Å². The Morgan fingerprint density at radius 1 is 1.22 bits per heavy atom. The van der Waals surface area contributed by atoms with Crippen LogP contribution < -0.4 is 10.2 Å². The Bertz CT molecular complexity index is 552. The monoisotopic (exact) mass is 318 g/mol. The molecule has 0 bridgehead atoms. The lowest BCUT2D eigenvalue weighted by Gasteiger charge is -2.32. The Hall–Kier alpha value is -1.98. The van der Waals surface area contributed by atoms with Gasteiger partial charge in [0.2, 0.25) is 11.9 Å². The summed E-state index contributed by atoms with van der Waals surface area (Å²) in [5.74, 6) is 1.01. The molecule has 0 radical (unpaired) electrons. The Kier molecular flexibility index (Phi) is 5.20. The van der Waals surface area contributed by atoms with E-state index in [1.54, 1.807) is 0 Å². The Labute approximate surface area is 136 Å². The van der Waals surface area contributed by atoms with E-state index in [4.69, 9.17) is 0 Å². The number of carbonyl (C=O) groups is 1. The normalized spacial score (nSPS) is 22.1. The lowest BCUT2D eigenvalue weighted by molar-refractivity contribution is -0.125. The zero-order valence-corrected chi connectivity index (χ0v) is 13.2. The minimum Gasteiger partial charge on any atom is -0.356 e. The maximum atomic E-state index is 12.9. The van der Waals surface area contributed by atoms with Crippen molar-refractivity contribution >= 4 is 11.9 Å². The highest BCUT2D eigenvalue weighted by Gasteiger charge is 2.23. The number of halogens is 1. The molecule has 0 saturated carbocycles. The molecular formula is C17H23FN4O. The molecule has 124 valence electrons. The van der Waals surface area contributed by atoms with Crippen LogP contribution in [-0.4, -0.2) is 35.5 Å². The maximum absolute atomic E-state index is 12.9. The van der Waals surface area contributed by atoms with Crippen molar-refractivity contribution in [2.24, 2.45) is 11.8 Å². The van der Waals surface area contributed by atoms with Gasteiger partial charge < -0.3 is 10.2 Å². The van der Waals surface area contributed by atoms with Crippen molar-refractivity contribution in [2.75, 3.05) is 24.5 Å². The highest BCUT2D eigenvalue weighted by Crippen LogP contribution is 2.21. The number of hydrogen-bond acceptors (Lipinski definition) is 4. The number of aromatic nitrogens is 2. The molecule has 2 aliphatic rings. The van der Waals surface area contributed by atoms with Crippen molar-refractivity contribution in [2.45, 2.75) is 32.1 Å². The second-order valence-corrected chi connectivity index (χ2v) is 6.36. The molecule has 1 aromatic heterocycles. The fraction of sp³-hybridized carbons (Fsp3) is 0.588. The highest BCUT2D eigenvalue weighted by atomic mass is 19.1. The van der Waals surface area contributed by atoms with Crippen LogP contribution >= 0.6 is 0 Å². The molecule has 1 unspecified atom stereocenters. The van der Waals surface area contributed by atoms with E-state index in [1.165, 1.54) is 12.4 Å². The zero-order chi connectivity index (χ0) is 16.1. The van der Waals surface area contributed by atoms with Gasteiger partial charge in [0, 0.05) is 25.6 Å². The highest BCUT2D eigenvalue weighted by molar-refractivity contribution is 5.78. The van der Waals surface area contributed by atoms with Gasteiger partial charge >= 0.3 is 0 Å². The lowest BCUT2D eigenvalue weighted by Crippen LogP contribution is -2.40. The number of nitrogens with one attached hydrogen (secondary N) is 1. The summed E-state index contributed by atoms with van der Waals surface area (Å²) in [5.41, 5.74) is 0. The molecule has 3 rings (SSSR count). The smallest absolute Gasteiger partial charge is 0.225 e. The van der Waals surface area contributed by atoms with E-state index in [1.807, 2.05) is 0 Å². The molecule has 1 atom stereocenters. The third-order valence-corrected chi connectivity index (χ3v) is 4.71. The first kappa shape index (κ1) is 15.9. The van der Waals surface area contributed by atoms with Crippen LogP contribution in [0.3, 0.4) is 0 Å². The topological polar surface area (TPSA) is 58.1 Å². The SMILES string of the molecule is O=C(NCC1CCN(c2ncc(F)cn2)CC1)C1CC=CCC1. The van der Waals surface area contributed by atoms with Gasteiger partial charge in [0.25, 0.3) is 0 Å². The first-order valence-electron chi connectivity index (χ1n) is 8.37. The van der Waals surface area contributed by atoms with Crippen molar-refractivity contribution in [1.82, 2.24) is 15.3 Å². The third-order valence-electron chi connectivity index (χ3n) is 4.71. The number of amides is 1. The molecule has 5 nitrogen and oxygen atoms in total. The van der Waals surface area contributed by atoms with Crippen LogP contribution in [0.15, 0.2) is 24.5 Å². The predicted molar refractivity (Wildman–Crippen MR) is 86.4 cm³/mol. The summed E-state index contributed by atoms with van der Waals surface area (Å²) in [4.78, 5) is 22.3. The average molecular weight is 318 g/mol. The summed E-state index contributed by atoms with van der Waals surface area (Å²) in [6.45, 7) is 2.44. The quantitative estimate of drug-likeness (QED) is 0.866. The number of allylic oxidation sites excluding steroid dienone is 2. The van der Waals surface area contributed by atoms with Crippen molar-refractivity contribution in [3.8, 4) is 0 Å². The van der Waals surface area contributed by atoms with E-state index in [-0.39, 0.29) is 11.8 Å². The van der Waals surface area contributed by atoms with Crippen LogP contribution in [0.25, 0.3) is 0 Å². The standard InChI is InChI=1S/C17H23FN4O/c18-15-11-20-17(21-12-15)22-8-6-13(7-9-22)10-19-16(23)14-4-2-1-3-5-14/h1-2,11-14H,3-10H2,(H,19,23). The number of nitrogens with zero attached hydrogens (tertiary/aromatic N) is 3. The van der Waals surface area contributed by atoms with E-state index in [0.29, 0.717) is 11.9 Å². The van der Waals surface area contributed by atoms with Gasteiger partial charge in [-0.15, -0.1) is 0 Å². The molecule has 6 heteroatoms.